The summed E-state index contributed by atoms with van der Waals surface area (Å²) >= 11 is 0. The predicted octanol–water partition coefficient (Wildman–Crippen LogP) is 1.80. The van der Waals surface area contributed by atoms with E-state index in [0.717, 1.165) is 10.7 Å². The summed E-state index contributed by atoms with van der Waals surface area (Å²) in [5, 5.41) is 3.66. The molecule has 0 aliphatic heterocycles. The largest absolute Gasteiger partial charge is 0.418 e. The number of nitrogens with zero attached hydrogens (tertiary/aromatic N) is 2. The van der Waals surface area contributed by atoms with E-state index in [1.54, 1.807) is 0 Å². The van der Waals surface area contributed by atoms with E-state index in [0.29, 0.717) is 12.4 Å². The van der Waals surface area contributed by atoms with Gasteiger partial charge in [-0.3, -0.25) is 9.59 Å². The Morgan fingerprint density at radius 1 is 1.30 bits per heavy atom. The first-order valence-corrected chi connectivity index (χ1v) is 5.35. The van der Waals surface area contributed by atoms with Crippen LogP contribution in [0.15, 0.2) is 30.5 Å². The Hall–Kier alpha value is -2.64. The second kappa shape index (κ2) is 4.80. The monoisotopic (exact) mass is 283 g/mol. The molecule has 1 aromatic heterocycles. The van der Waals surface area contributed by atoms with Gasteiger partial charge < -0.3 is 5.73 Å². The number of carbonyl (C=O) groups is 2. The zero-order valence-electron chi connectivity index (χ0n) is 9.89. The molecular formula is C12H8F3N3O2. The molecule has 0 aliphatic rings. The molecule has 1 aromatic carbocycles. The lowest BCUT2D eigenvalue weighted by molar-refractivity contribution is -0.137. The number of hydrogen-bond donors (Lipinski definition) is 1. The average molecular weight is 283 g/mol. The maximum atomic E-state index is 13.0. The zero-order valence-corrected chi connectivity index (χ0v) is 9.89. The lowest BCUT2D eigenvalue weighted by Crippen LogP contribution is -2.14. The molecule has 20 heavy (non-hydrogen) atoms. The lowest BCUT2D eigenvalue weighted by Gasteiger charge is -2.13. The first-order valence-electron chi connectivity index (χ1n) is 5.35. The van der Waals surface area contributed by atoms with Crippen LogP contribution in [0.25, 0.3) is 5.69 Å². The van der Waals surface area contributed by atoms with Crippen LogP contribution >= 0.6 is 0 Å². The Kier molecular flexibility index (Phi) is 3.31. The van der Waals surface area contributed by atoms with Crippen molar-refractivity contribution in [2.45, 2.75) is 6.18 Å². The van der Waals surface area contributed by atoms with Gasteiger partial charge in [0, 0.05) is 11.8 Å². The van der Waals surface area contributed by atoms with Gasteiger partial charge in [0.15, 0.2) is 0 Å². The van der Waals surface area contributed by atoms with Crippen LogP contribution in [0.3, 0.4) is 0 Å². The van der Waals surface area contributed by atoms with E-state index in [1.165, 1.54) is 18.3 Å². The van der Waals surface area contributed by atoms with Crippen molar-refractivity contribution in [3.05, 3.63) is 47.3 Å². The maximum Gasteiger partial charge on any atom is 0.418 e. The molecule has 0 aliphatic carbocycles. The molecule has 2 aromatic rings. The molecule has 104 valence electrons. The van der Waals surface area contributed by atoms with Crippen LogP contribution in [0.2, 0.25) is 0 Å². The van der Waals surface area contributed by atoms with Gasteiger partial charge in [-0.15, -0.1) is 0 Å². The molecular weight excluding hydrogens is 275 g/mol. The van der Waals surface area contributed by atoms with Gasteiger partial charge in [0.05, 0.1) is 11.3 Å². The van der Waals surface area contributed by atoms with Crippen molar-refractivity contribution in [3.8, 4) is 5.69 Å². The molecule has 1 amide bonds. The van der Waals surface area contributed by atoms with Gasteiger partial charge in [-0.25, -0.2) is 4.68 Å². The number of hydrogen-bond acceptors (Lipinski definition) is 3. The minimum Gasteiger partial charge on any atom is -0.364 e. The first kappa shape index (κ1) is 13.8. The molecule has 0 unspecified atom stereocenters. The molecule has 5 nitrogen and oxygen atoms in total. The van der Waals surface area contributed by atoms with Crippen molar-refractivity contribution < 1.29 is 22.8 Å². The van der Waals surface area contributed by atoms with E-state index in [9.17, 15) is 22.8 Å². The third-order valence-corrected chi connectivity index (χ3v) is 2.55. The highest BCUT2D eigenvalue weighted by molar-refractivity contribution is 5.90. The highest BCUT2D eigenvalue weighted by Gasteiger charge is 2.34. The predicted molar refractivity (Wildman–Crippen MR) is 62.5 cm³/mol. The molecule has 0 saturated heterocycles. The van der Waals surface area contributed by atoms with Crippen LogP contribution in [-0.4, -0.2) is 22.0 Å². The van der Waals surface area contributed by atoms with Crippen LogP contribution in [0, 0.1) is 0 Å². The van der Waals surface area contributed by atoms with Crippen molar-refractivity contribution in [1.82, 2.24) is 9.78 Å². The standard InChI is InChI=1S/C12H8F3N3O2/c13-12(14,15)8-5-7(6-19)1-2-10(8)18-4-3-9(17-18)11(16)20/h1-6H,(H2,16,20). The fraction of sp³-hybridized carbons (Fsp3) is 0.0833. The number of benzene rings is 1. The number of rotatable bonds is 3. The van der Waals surface area contributed by atoms with Crippen molar-refractivity contribution in [2.24, 2.45) is 5.73 Å². The molecule has 0 bridgehead atoms. The summed E-state index contributed by atoms with van der Waals surface area (Å²) in [5.41, 5.74) is 3.41. The molecule has 0 saturated carbocycles. The van der Waals surface area contributed by atoms with E-state index < -0.39 is 17.6 Å². The van der Waals surface area contributed by atoms with E-state index >= 15 is 0 Å². The quantitative estimate of drug-likeness (QED) is 0.872. The topological polar surface area (TPSA) is 78.0 Å². The van der Waals surface area contributed by atoms with Gasteiger partial charge in [-0.1, -0.05) is 0 Å². The highest BCUT2D eigenvalue weighted by Crippen LogP contribution is 2.34. The van der Waals surface area contributed by atoms with Gasteiger partial charge in [0.2, 0.25) is 0 Å². The Labute approximate surface area is 110 Å². The number of nitrogens with two attached hydrogens (primary N) is 1. The van der Waals surface area contributed by atoms with Crippen molar-refractivity contribution in [2.75, 3.05) is 0 Å². The molecule has 2 N–H and O–H groups in total. The highest BCUT2D eigenvalue weighted by atomic mass is 19.4. The summed E-state index contributed by atoms with van der Waals surface area (Å²) in [6, 6.07) is 4.25. The van der Waals surface area contributed by atoms with Gasteiger partial charge in [-0.05, 0) is 24.3 Å². The number of halogens is 3. The Balaban J connectivity index is 2.60. The van der Waals surface area contributed by atoms with Gasteiger partial charge in [-0.2, -0.15) is 18.3 Å². The summed E-state index contributed by atoms with van der Waals surface area (Å²) < 4.78 is 39.8. The van der Waals surface area contributed by atoms with E-state index in [-0.39, 0.29) is 16.9 Å². The summed E-state index contributed by atoms with van der Waals surface area (Å²) in [5.74, 6) is -0.846. The molecule has 0 spiro atoms. The minimum atomic E-state index is -4.66. The van der Waals surface area contributed by atoms with Gasteiger partial charge in [0.25, 0.3) is 5.91 Å². The SMILES string of the molecule is NC(=O)c1ccn(-c2ccc(C=O)cc2C(F)(F)F)n1. The van der Waals surface area contributed by atoms with Crippen LogP contribution in [0.1, 0.15) is 26.4 Å². The van der Waals surface area contributed by atoms with Crippen molar-refractivity contribution >= 4 is 12.2 Å². The number of aromatic nitrogens is 2. The van der Waals surface area contributed by atoms with Crippen LogP contribution < -0.4 is 5.73 Å². The zero-order chi connectivity index (χ0) is 14.9. The molecule has 8 heteroatoms. The van der Waals surface area contributed by atoms with Crippen LogP contribution in [0.5, 0.6) is 0 Å². The van der Waals surface area contributed by atoms with Crippen molar-refractivity contribution in [1.29, 1.82) is 0 Å². The fourth-order valence-corrected chi connectivity index (χ4v) is 1.64. The van der Waals surface area contributed by atoms with Crippen LogP contribution in [0.4, 0.5) is 13.2 Å². The second-order valence-corrected chi connectivity index (χ2v) is 3.90. The maximum absolute atomic E-state index is 13.0. The van der Waals surface area contributed by atoms with E-state index in [4.69, 9.17) is 5.73 Å². The molecule has 0 atom stereocenters. The average Bonchev–Trinajstić information content (AvgIpc) is 2.86. The number of carbonyl (C=O) groups excluding carboxylic acids is 2. The van der Waals surface area contributed by atoms with E-state index in [1.807, 2.05) is 0 Å². The molecule has 0 fully saturated rings. The summed E-state index contributed by atoms with van der Waals surface area (Å²) in [7, 11) is 0. The normalized spacial score (nSPS) is 11.3. The second-order valence-electron chi connectivity index (χ2n) is 3.90. The first-order chi connectivity index (χ1) is 9.32. The Morgan fingerprint density at radius 2 is 2.00 bits per heavy atom. The van der Waals surface area contributed by atoms with Gasteiger partial charge >= 0.3 is 6.18 Å². The summed E-state index contributed by atoms with van der Waals surface area (Å²) in [4.78, 5) is 21.5. The van der Waals surface area contributed by atoms with E-state index in [2.05, 4.69) is 5.10 Å². The number of alkyl halides is 3. The molecule has 2 rings (SSSR count). The third-order valence-electron chi connectivity index (χ3n) is 2.55. The number of primary amides is 1. The Morgan fingerprint density at radius 3 is 2.50 bits per heavy atom. The third kappa shape index (κ3) is 2.53. The minimum absolute atomic E-state index is 0.108. The number of amides is 1. The lowest BCUT2D eigenvalue weighted by atomic mass is 10.1. The smallest absolute Gasteiger partial charge is 0.364 e. The molecule has 1 heterocycles. The summed E-state index contributed by atoms with van der Waals surface area (Å²) in [6.07, 6.45) is -3.16. The summed E-state index contributed by atoms with van der Waals surface area (Å²) in [6.45, 7) is 0. The van der Waals surface area contributed by atoms with Gasteiger partial charge in [0.1, 0.15) is 12.0 Å². The molecule has 0 radical (unpaired) electrons. The van der Waals surface area contributed by atoms with Crippen LogP contribution in [-0.2, 0) is 6.18 Å². The van der Waals surface area contributed by atoms with Crippen molar-refractivity contribution in [3.63, 3.8) is 0 Å². The fourth-order valence-electron chi connectivity index (χ4n) is 1.64. The Bertz CT molecular complexity index is 677. The number of aldehydes is 1.